The highest BCUT2D eigenvalue weighted by Gasteiger charge is 2.37. The number of hydrogen-bond donors (Lipinski definition) is 6. The van der Waals surface area contributed by atoms with Crippen LogP contribution in [0.4, 0.5) is 27.9 Å². The number of aromatic amines is 1. The van der Waals surface area contributed by atoms with E-state index in [-0.39, 0.29) is 60.5 Å². The van der Waals surface area contributed by atoms with Crippen LogP contribution in [-0.2, 0) is 19.1 Å². The summed E-state index contributed by atoms with van der Waals surface area (Å²) in [5.41, 5.74) is 5.37. The minimum Gasteiger partial charge on any atom is -0.481 e. The van der Waals surface area contributed by atoms with Crippen molar-refractivity contribution in [1.29, 1.82) is 0 Å². The minimum absolute atomic E-state index is 0.0531. The monoisotopic (exact) mass is 655 g/mol. The Morgan fingerprint density at radius 2 is 1.89 bits per heavy atom. The van der Waals surface area contributed by atoms with Gasteiger partial charge in [-0.05, 0) is 61.3 Å². The number of nitrogens with two attached hydrogens (primary N) is 1. The molecular formula is C31H41N7O9. The number of rotatable bonds is 12. The predicted octanol–water partition coefficient (Wildman–Crippen LogP) is 2.26. The highest BCUT2D eigenvalue weighted by molar-refractivity contribution is 5.97. The summed E-state index contributed by atoms with van der Waals surface area (Å²) in [6.45, 7) is 6.30. The van der Waals surface area contributed by atoms with E-state index >= 15 is 0 Å². The van der Waals surface area contributed by atoms with Crippen LogP contribution >= 0.6 is 0 Å². The van der Waals surface area contributed by atoms with Gasteiger partial charge in [-0.1, -0.05) is 27.2 Å². The standard InChI is InChI=1S/C31H41N7O9/c1-16(2)21-9-4-17(3)12-23(21)47-31(46)37(14-20-13-33-26-25(38(20)15-39)28(43)36-30(32)35-26)19-7-5-18(6-8-19)27(42)34-22(29(44)45)10-11-24(40)41/h5-8,15-17,20-23H,4,9-14H2,1-3H3,(H,34,42)(H,40,41)(H,44,45)(H4,32,33,35,36,43)/t17-,20-,21+,22+,23-/m1/s1. The third-order valence-corrected chi connectivity index (χ3v) is 8.70. The first-order valence-corrected chi connectivity index (χ1v) is 15.5. The summed E-state index contributed by atoms with van der Waals surface area (Å²) in [5.74, 6) is -2.54. The van der Waals surface area contributed by atoms with E-state index in [2.05, 4.69) is 41.4 Å². The summed E-state index contributed by atoms with van der Waals surface area (Å²) < 4.78 is 6.14. The Hall–Kier alpha value is -5.15. The summed E-state index contributed by atoms with van der Waals surface area (Å²) in [6, 6.07) is 3.60. The molecule has 5 atom stereocenters. The summed E-state index contributed by atoms with van der Waals surface area (Å²) in [4.78, 5) is 83.3. The average molecular weight is 656 g/mol. The fourth-order valence-electron chi connectivity index (χ4n) is 6.13. The van der Waals surface area contributed by atoms with Gasteiger partial charge in [0.15, 0.2) is 11.5 Å². The lowest BCUT2D eigenvalue weighted by Gasteiger charge is -2.39. The van der Waals surface area contributed by atoms with Gasteiger partial charge in [0.1, 0.15) is 12.1 Å². The number of H-pyrrole nitrogens is 1. The summed E-state index contributed by atoms with van der Waals surface area (Å²) in [7, 11) is 0. The number of anilines is 4. The number of amides is 3. The maximum absolute atomic E-state index is 14.0. The molecule has 0 spiro atoms. The fraction of sp³-hybridized carbons (Fsp3) is 0.516. The number of nitrogens with one attached hydrogen (secondary N) is 3. The first-order valence-electron chi connectivity index (χ1n) is 15.5. The van der Waals surface area contributed by atoms with E-state index in [1.54, 1.807) is 0 Å². The van der Waals surface area contributed by atoms with E-state index in [0.29, 0.717) is 24.4 Å². The Bertz CT molecular complexity index is 1540. The maximum atomic E-state index is 14.0. The van der Waals surface area contributed by atoms with Crippen molar-refractivity contribution in [3.8, 4) is 0 Å². The van der Waals surface area contributed by atoms with E-state index in [1.807, 2.05) is 0 Å². The van der Waals surface area contributed by atoms with Gasteiger partial charge in [0.05, 0.1) is 12.6 Å². The van der Waals surface area contributed by atoms with Crippen LogP contribution in [0.5, 0.6) is 0 Å². The molecule has 2 aliphatic rings. The third-order valence-electron chi connectivity index (χ3n) is 8.70. The van der Waals surface area contributed by atoms with Crippen molar-refractivity contribution in [3.05, 3.63) is 40.2 Å². The minimum atomic E-state index is -1.42. The molecule has 1 aliphatic heterocycles. The fourth-order valence-corrected chi connectivity index (χ4v) is 6.13. The quantitative estimate of drug-likeness (QED) is 0.181. The molecule has 47 heavy (non-hydrogen) atoms. The van der Waals surface area contributed by atoms with Crippen molar-refractivity contribution in [2.75, 3.05) is 33.9 Å². The molecule has 4 rings (SSSR count). The largest absolute Gasteiger partial charge is 0.481 e. The first kappa shape index (κ1) is 34.7. The van der Waals surface area contributed by atoms with Gasteiger partial charge in [-0.2, -0.15) is 4.98 Å². The molecule has 0 unspecified atom stereocenters. The van der Waals surface area contributed by atoms with Gasteiger partial charge >= 0.3 is 18.0 Å². The van der Waals surface area contributed by atoms with E-state index in [1.165, 1.54) is 34.1 Å². The lowest BCUT2D eigenvalue weighted by molar-refractivity contribution is -0.140. The van der Waals surface area contributed by atoms with E-state index < -0.39 is 48.0 Å². The molecule has 254 valence electrons. The molecule has 3 amide bonds. The zero-order chi connectivity index (χ0) is 34.4. The number of aromatic nitrogens is 2. The number of carboxylic acid groups (broad SMARTS) is 2. The van der Waals surface area contributed by atoms with Crippen molar-refractivity contribution in [2.45, 2.75) is 71.1 Å². The SMILES string of the molecule is CC(C)[C@@H]1CC[C@@H](C)C[C@H]1OC(=O)N(C[C@H]1CNc2nc(N)[nH]c(=O)c2N1C=O)c1ccc(C(=O)N[C@@H](CCC(=O)O)C(=O)O)cc1. The Balaban J connectivity index is 1.62. The number of nitrogen functional groups attached to an aromatic ring is 1. The number of ether oxygens (including phenoxy) is 1. The predicted molar refractivity (Wildman–Crippen MR) is 171 cm³/mol. The van der Waals surface area contributed by atoms with E-state index in [0.717, 1.165) is 12.8 Å². The van der Waals surface area contributed by atoms with Gasteiger partial charge in [0.2, 0.25) is 12.4 Å². The van der Waals surface area contributed by atoms with Crippen molar-refractivity contribution < 1.29 is 38.9 Å². The van der Waals surface area contributed by atoms with Gasteiger partial charge in [-0.3, -0.25) is 29.1 Å². The molecule has 1 aromatic heterocycles. The number of carboxylic acids is 2. The zero-order valence-electron chi connectivity index (χ0n) is 26.5. The van der Waals surface area contributed by atoms with Gasteiger partial charge in [-0.15, -0.1) is 0 Å². The van der Waals surface area contributed by atoms with Gasteiger partial charge < -0.3 is 36.2 Å². The van der Waals surface area contributed by atoms with Crippen LogP contribution in [0.15, 0.2) is 29.1 Å². The normalized spacial score (nSPS) is 21.1. The molecule has 7 N–H and O–H groups in total. The van der Waals surface area contributed by atoms with Crippen LogP contribution in [-0.4, -0.2) is 81.8 Å². The Labute approximate surface area is 270 Å². The number of carbonyl (C=O) groups is 5. The lowest BCUT2D eigenvalue weighted by atomic mass is 9.75. The van der Waals surface area contributed by atoms with Crippen molar-refractivity contribution in [2.24, 2.45) is 17.8 Å². The second kappa shape index (κ2) is 15.0. The zero-order valence-corrected chi connectivity index (χ0v) is 26.5. The molecule has 1 aromatic carbocycles. The second-order valence-corrected chi connectivity index (χ2v) is 12.4. The van der Waals surface area contributed by atoms with Crippen LogP contribution < -0.4 is 31.7 Å². The molecule has 0 bridgehead atoms. The Kier molecular flexibility index (Phi) is 11.1. The molecule has 16 nitrogen and oxygen atoms in total. The maximum Gasteiger partial charge on any atom is 0.414 e. The number of benzene rings is 1. The number of aliphatic carboxylic acids is 2. The van der Waals surface area contributed by atoms with Gasteiger partial charge in [0, 0.05) is 24.2 Å². The molecular weight excluding hydrogens is 614 g/mol. The second-order valence-electron chi connectivity index (χ2n) is 12.4. The number of carbonyl (C=O) groups excluding carboxylic acids is 3. The van der Waals surface area contributed by atoms with Crippen LogP contribution in [0.25, 0.3) is 0 Å². The smallest absolute Gasteiger partial charge is 0.414 e. The van der Waals surface area contributed by atoms with Crippen LogP contribution in [0, 0.1) is 17.8 Å². The average Bonchev–Trinajstić information content (AvgIpc) is 3.01. The Morgan fingerprint density at radius 1 is 1.19 bits per heavy atom. The van der Waals surface area contributed by atoms with Crippen LogP contribution in [0.2, 0.25) is 0 Å². The highest BCUT2D eigenvalue weighted by Crippen LogP contribution is 2.36. The molecule has 2 aromatic rings. The topological polar surface area (TPSA) is 237 Å². The summed E-state index contributed by atoms with van der Waals surface area (Å²) >= 11 is 0. The number of fused-ring (bicyclic) bond motifs is 1. The van der Waals surface area contributed by atoms with Crippen molar-refractivity contribution >= 4 is 53.5 Å². The van der Waals surface area contributed by atoms with E-state index in [9.17, 15) is 33.9 Å². The Morgan fingerprint density at radius 3 is 2.51 bits per heavy atom. The van der Waals surface area contributed by atoms with Gasteiger partial charge in [-0.25, -0.2) is 9.59 Å². The number of hydrogen-bond acceptors (Lipinski definition) is 10. The van der Waals surface area contributed by atoms with Gasteiger partial charge in [0.25, 0.3) is 11.5 Å². The molecule has 2 heterocycles. The molecule has 0 radical (unpaired) electrons. The summed E-state index contributed by atoms with van der Waals surface area (Å²) in [6.07, 6.45) is 1.33. The van der Waals surface area contributed by atoms with Crippen LogP contribution in [0.1, 0.15) is 63.2 Å². The third kappa shape index (κ3) is 8.37. The lowest BCUT2D eigenvalue weighted by Crippen LogP contribution is -2.54. The highest BCUT2D eigenvalue weighted by atomic mass is 16.6. The molecule has 16 heteroatoms. The molecule has 1 fully saturated rings. The first-order chi connectivity index (χ1) is 22.3. The molecule has 1 saturated carbocycles. The molecule has 1 aliphatic carbocycles. The molecule has 0 saturated heterocycles. The van der Waals surface area contributed by atoms with Crippen molar-refractivity contribution in [1.82, 2.24) is 15.3 Å². The van der Waals surface area contributed by atoms with E-state index in [4.69, 9.17) is 15.6 Å². The van der Waals surface area contributed by atoms with Crippen molar-refractivity contribution in [3.63, 3.8) is 0 Å². The van der Waals surface area contributed by atoms with Crippen LogP contribution in [0.3, 0.4) is 0 Å². The summed E-state index contributed by atoms with van der Waals surface area (Å²) in [5, 5.41) is 23.7. The number of nitrogens with zero attached hydrogens (tertiary/aromatic N) is 3.